The second-order valence-electron chi connectivity index (χ2n) is 6.12. The predicted octanol–water partition coefficient (Wildman–Crippen LogP) is 2.38. The number of carbonyl (C=O) groups is 1. The number of hydrogen-bond donors (Lipinski definition) is 2. The summed E-state index contributed by atoms with van der Waals surface area (Å²) in [5, 5.41) is 19.8. The molecule has 27 heavy (non-hydrogen) atoms. The van der Waals surface area contributed by atoms with E-state index in [0.717, 1.165) is 5.56 Å². The molecule has 2 heterocycles. The number of aromatic nitrogens is 1. The summed E-state index contributed by atoms with van der Waals surface area (Å²) in [6, 6.07) is 5.55. The molecule has 1 aromatic carbocycles. The Labute approximate surface area is 161 Å². The van der Waals surface area contributed by atoms with Crippen molar-refractivity contribution in [3.05, 3.63) is 46.8 Å². The Hall–Kier alpha value is -2.45. The van der Waals surface area contributed by atoms with Crippen LogP contribution in [0.1, 0.15) is 27.8 Å². The maximum Gasteiger partial charge on any atom is 0.234 e. The molecule has 0 spiro atoms. The fourth-order valence-electron chi connectivity index (χ4n) is 3.16. The fraction of sp³-hybridized carbons (Fsp3) is 0.368. The highest BCUT2D eigenvalue weighted by Gasteiger charge is 2.36. The molecular formula is C19H22N2O5S. The minimum atomic E-state index is -0.290. The zero-order chi connectivity index (χ0) is 19.6. The number of aromatic hydroxyl groups is 1. The molecule has 2 N–H and O–H groups in total. The van der Waals surface area contributed by atoms with Crippen LogP contribution in [0.2, 0.25) is 0 Å². The summed E-state index contributed by atoms with van der Waals surface area (Å²) in [6.07, 6.45) is 1.53. The lowest BCUT2D eigenvalue weighted by atomic mass is 10.1. The van der Waals surface area contributed by atoms with Gasteiger partial charge in [-0.15, -0.1) is 11.8 Å². The number of aliphatic hydroxyl groups is 1. The van der Waals surface area contributed by atoms with E-state index in [2.05, 4.69) is 4.98 Å². The molecule has 3 rings (SSSR count). The molecule has 7 nitrogen and oxygen atoms in total. The maximum atomic E-state index is 12.6. The Balaban J connectivity index is 2.01. The maximum absolute atomic E-state index is 12.6. The van der Waals surface area contributed by atoms with Gasteiger partial charge in [-0.1, -0.05) is 12.1 Å². The van der Waals surface area contributed by atoms with Crippen molar-refractivity contribution in [3.8, 4) is 17.2 Å². The Kier molecular flexibility index (Phi) is 5.76. The number of para-hydroxylation sites is 1. The number of pyridine rings is 1. The molecule has 1 aromatic heterocycles. The van der Waals surface area contributed by atoms with Gasteiger partial charge in [-0.25, -0.2) is 0 Å². The average molecular weight is 390 g/mol. The highest BCUT2D eigenvalue weighted by atomic mass is 32.2. The lowest BCUT2D eigenvalue weighted by Gasteiger charge is -2.27. The summed E-state index contributed by atoms with van der Waals surface area (Å²) in [6.45, 7) is 1.59. The monoisotopic (exact) mass is 390 g/mol. The van der Waals surface area contributed by atoms with Gasteiger partial charge in [0.15, 0.2) is 11.5 Å². The van der Waals surface area contributed by atoms with Crippen LogP contribution in [-0.2, 0) is 17.9 Å². The quantitative estimate of drug-likeness (QED) is 0.782. The van der Waals surface area contributed by atoms with Gasteiger partial charge >= 0.3 is 0 Å². The molecule has 1 atom stereocenters. The number of hydrogen-bond acceptors (Lipinski definition) is 7. The van der Waals surface area contributed by atoms with Crippen LogP contribution >= 0.6 is 11.8 Å². The normalized spacial score (nSPS) is 16.7. The van der Waals surface area contributed by atoms with E-state index in [0.29, 0.717) is 34.1 Å². The van der Waals surface area contributed by atoms with E-state index in [4.69, 9.17) is 9.47 Å². The number of ether oxygens (including phenoxy) is 2. The third kappa shape index (κ3) is 3.54. The highest BCUT2D eigenvalue weighted by molar-refractivity contribution is 8.00. The van der Waals surface area contributed by atoms with Crippen molar-refractivity contribution in [2.24, 2.45) is 0 Å². The van der Waals surface area contributed by atoms with Crippen molar-refractivity contribution in [1.29, 1.82) is 0 Å². The number of carbonyl (C=O) groups excluding carboxylic acids is 1. The minimum Gasteiger partial charge on any atom is -0.506 e. The standard InChI is InChI=1S/C19H22N2O5S/c1-11-17(24)14(12(9-22)7-20-11)8-21-16(23)10-27-19(21)13-5-4-6-15(25-2)18(13)26-3/h4-7,19,22,24H,8-10H2,1-3H3. The first-order valence-electron chi connectivity index (χ1n) is 8.40. The number of methoxy groups -OCH3 is 2. The summed E-state index contributed by atoms with van der Waals surface area (Å²) in [7, 11) is 3.13. The van der Waals surface area contributed by atoms with Crippen LogP contribution in [0.25, 0.3) is 0 Å². The van der Waals surface area contributed by atoms with E-state index >= 15 is 0 Å². The molecular weight excluding hydrogens is 368 g/mol. The molecule has 1 saturated heterocycles. The Morgan fingerprint density at radius 2 is 2.11 bits per heavy atom. The second-order valence-corrected chi connectivity index (χ2v) is 7.19. The first-order chi connectivity index (χ1) is 13.0. The average Bonchev–Trinajstić information content (AvgIpc) is 3.05. The molecule has 0 bridgehead atoms. The number of aryl methyl sites for hydroxylation is 1. The Bertz CT molecular complexity index is 858. The van der Waals surface area contributed by atoms with Crippen molar-refractivity contribution in [2.45, 2.75) is 25.4 Å². The summed E-state index contributed by atoms with van der Waals surface area (Å²) < 4.78 is 10.9. The lowest BCUT2D eigenvalue weighted by Crippen LogP contribution is -2.28. The molecule has 0 saturated carbocycles. The van der Waals surface area contributed by atoms with Gasteiger partial charge in [-0.2, -0.15) is 0 Å². The number of aliphatic hydroxyl groups excluding tert-OH is 1. The van der Waals surface area contributed by atoms with E-state index in [9.17, 15) is 15.0 Å². The number of amides is 1. The molecule has 1 aliphatic heterocycles. The summed E-state index contributed by atoms with van der Waals surface area (Å²) in [5.74, 6) is 1.45. The van der Waals surface area contributed by atoms with Gasteiger partial charge in [0.05, 0.1) is 38.8 Å². The summed E-state index contributed by atoms with van der Waals surface area (Å²) in [4.78, 5) is 18.3. The van der Waals surface area contributed by atoms with E-state index in [1.54, 1.807) is 32.1 Å². The number of rotatable bonds is 6. The highest BCUT2D eigenvalue weighted by Crippen LogP contribution is 2.46. The van der Waals surface area contributed by atoms with Crippen molar-refractivity contribution in [3.63, 3.8) is 0 Å². The van der Waals surface area contributed by atoms with Gasteiger partial charge in [0.1, 0.15) is 11.1 Å². The van der Waals surface area contributed by atoms with Crippen LogP contribution in [0.4, 0.5) is 0 Å². The van der Waals surface area contributed by atoms with E-state index in [1.807, 2.05) is 12.1 Å². The van der Waals surface area contributed by atoms with Crippen LogP contribution in [0, 0.1) is 6.92 Å². The van der Waals surface area contributed by atoms with Gasteiger partial charge in [0, 0.05) is 22.9 Å². The predicted molar refractivity (Wildman–Crippen MR) is 102 cm³/mol. The van der Waals surface area contributed by atoms with Gasteiger partial charge in [-0.3, -0.25) is 9.78 Å². The fourth-order valence-corrected chi connectivity index (χ4v) is 4.36. The molecule has 2 aromatic rings. The molecule has 1 aliphatic rings. The molecule has 1 amide bonds. The molecule has 1 fully saturated rings. The van der Waals surface area contributed by atoms with E-state index in [-0.39, 0.29) is 30.2 Å². The lowest BCUT2D eigenvalue weighted by molar-refractivity contribution is -0.128. The molecule has 1 unspecified atom stereocenters. The topological polar surface area (TPSA) is 92.1 Å². The zero-order valence-electron chi connectivity index (χ0n) is 15.4. The summed E-state index contributed by atoms with van der Waals surface area (Å²) in [5.41, 5.74) is 2.28. The van der Waals surface area contributed by atoms with Crippen molar-refractivity contribution >= 4 is 17.7 Å². The van der Waals surface area contributed by atoms with Crippen LogP contribution in [0.15, 0.2) is 24.4 Å². The van der Waals surface area contributed by atoms with Crippen LogP contribution in [-0.4, -0.2) is 46.0 Å². The SMILES string of the molecule is COc1cccc(C2SCC(=O)N2Cc2c(CO)cnc(C)c2O)c1OC. The molecule has 144 valence electrons. The van der Waals surface area contributed by atoms with Gasteiger partial charge < -0.3 is 24.6 Å². The third-order valence-corrected chi connectivity index (χ3v) is 5.83. The largest absolute Gasteiger partial charge is 0.506 e. The number of nitrogens with zero attached hydrogens (tertiary/aromatic N) is 2. The van der Waals surface area contributed by atoms with Crippen LogP contribution in [0.3, 0.4) is 0 Å². The third-order valence-electron chi connectivity index (χ3n) is 4.60. The first-order valence-corrected chi connectivity index (χ1v) is 9.45. The van der Waals surface area contributed by atoms with Crippen LogP contribution < -0.4 is 9.47 Å². The molecule has 0 radical (unpaired) electrons. The second kappa shape index (κ2) is 8.06. The summed E-state index contributed by atoms with van der Waals surface area (Å²) >= 11 is 1.48. The number of benzene rings is 1. The van der Waals surface area contributed by atoms with Crippen molar-refractivity contribution < 1.29 is 24.5 Å². The van der Waals surface area contributed by atoms with Crippen LogP contribution in [0.5, 0.6) is 17.2 Å². The van der Waals surface area contributed by atoms with Gasteiger partial charge in [0.2, 0.25) is 5.91 Å². The number of thioether (sulfide) groups is 1. The smallest absolute Gasteiger partial charge is 0.234 e. The molecule has 0 aliphatic carbocycles. The zero-order valence-corrected chi connectivity index (χ0v) is 16.2. The Morgan fingerprint density at radius 3 is 2.78 bits per heavy atom. The van der Waals surface area contributed by atoms with Gasteiger partial charge in [0.25, 0.3) is 0 Å². The minimum absolute atomic E-state index is 0.00241. The first kappa shape index (κ1) is 19.3. The Morgan fingerprint density at radius 1 is 1.33 bits per heavy atom. The molecule has 8 heteroatoms. The van der Waals surface area contributed by atoms with E-state index in [1.165, 1.54) is 18.0 Å². The van der Waals surface area contributed by atoms with E-state index < -0.39 is 0 Å². The van der Waals surface area contributed by atoms with Crippen molar-refractivity contribution in [1.82, 2.24) is 9.88 Å². The van der Waals surface area contributed by atoms with Gasteiger partial charge in [-0.05, 0) is 13.0 Å². The van der Waals surface area contributed by atoms with Crippen molar-refractivity contribution in [2.75, 3.05) is 20.0 Å².